The molecule has 0 atom stereocenters. The van der Waals surface area contributed by atoms with Gasteiger partial charge in [0.05, 0.1) is 13.7 Å². The number of hydrogen-bond donors (Lipinski definition) is 0. The highest BCUT2D eigenvalue weighted by molar-refractivity contribution is 5.94. The molecule has 0 saturated carbocycles. The lowest BCUT2D eigenvalue weighted by Gasteiger charge is -2.38. The van der Waals surface area contributed by atoms with E-state index in [2.05, 4.69) is 40.5 Å². The summed E-state index contributed by atoms with van der Waals surface area (Å²) in [5.41, 5.74) is 3.08. The minimum absolute atomic E-state index is 0.0324. The van der Waals surface area contributed by atoms with Crippen molar-refractivity contribution >= 4 is 23.6 Å². The molecule has 2 aliphatic rings. The number of anilines is 1. The van der Waals surface area contributed by atoms with E-state index in [0.29, 0.717) is 24.1 Å². The first-order chi connectivity index (χ1) is 18.3. The minimum atomic E-state index is -0.405. The smallest absolute Gasteiger partial charge is 0.330 e. The fraction of sp³-hybridized carbons (Fsp3) is 0.484. The number of amides is 1. The third-order valence-electron chi connectivity index (χ3n) is 7.41. The highest BCUT2D eigenvalue weighted by Crippen LogP contribution is 2.28. The van der Waals surface area contributed by atoms with Crippen LogP contribution in [0.1, 0.15) is 49.0 Å². The lowest BCUT2D eigenvalue weighted by molar-refractivity contribution is -0.134. The molecule has 204 valence electrons. The Labute approximate surface area is 227 Å². The summed E-state index contributed by atoms with van der Waals surface area (Å²) in [6, 6.07) is 15.6. The van der Waals surface area contributed by atoms with E-state index < -0.39 is 5.97 Å². The van der Waals surface area contributed by atoms with Crippen LogP contribution in [0.15, 0.2) is 54.6 Å². The summed E-state index contributed by atoms with van der Waals surface area (Å²) in [4.78, 5) is 31.0. The van der Waals surface area contributed by atoms with Crippen LogP contribution in [0.2, 0.25) is 0 Å². The topological polar surface area (TPSA) is 62.3 Å². The molecule has 0 bridgehead atoms. The second-order valence-corrected chi connectivity index (χ2v) is 11.0. The van der Waals surface area contributed by atoms with Crippen molar-refractivity contribution in [1.82, 2.24) is 9.80 Å². The standard InChI is InChI=1S/C31H41N3O4/c1-31(2)16-4-17-32(24-31)18-5-23-38-28-13-11-27(12-14-28)33-19-21-34(22-20-33)30(36)26-9-6-25(7-10-26)8-15-29(35)37-3/h6-15H,4-5,16-24H2,1-3H3/b15-8+. The van der Waals surface area contributed by atoms with E-state index in [4.69, 9.17) is 4.74 Å². The van der Waals surface area contributed by atoms with E-state index >= 15 is 0 Å². The summed E-state index contributed by atoms with van der Waals surface area (Å²) in [7, 11) is 1.34. The van der Waals surface area contributed by atoms with E-state index in [9.17, 15) is 9.59 Å². The van der Waals surface area contributed by atoms with Crippen LogP contribution in [0, 0.1) is 5.41 Å². The molecule has 0 N–H and O–H groups in total. The first-order valence-corrected chi connectivity index (χ1v) is 13.7. The van der Waals surface area contributed by atoms with Crippen LogP contribution in [-0.2, 0) is 9.53 Å². The highest BCUT2D eigenvalue weighted by Gasteiger charge is 2.26. The number of esters is 1. The second-order valence-electron chi connectivity index (χ2n) is 11.0. The maximum atomic E-state index is 13.0. The summed E-state index contributed by atoms with van der Waals surface area (Å²) in [5.74, 6) is 0.536. The van der Waals surface area contributed by atoms with E-state index in [1.165, 1.54) is 39.1 Å². The van der Waals surface area contributed by atoms with Gasteiger partial charge in [-0.15, -0.1) is 0 Å². The number of piperazine rings is 1. The first kappa shape index (κ1) is 27.7. The van der Waals surface area contributed by atoms with E-state index in [1.54, 1.807) is 18.2 Å². The van der Waals surface area contributed by atoms with Crippen molar-refractivity contribution in [3.63, 3.8) is 0 Å². The van der Waals surface area contributed by atoms with Gasteiger partial charge in [-0.1, -0.05) is 26.0 Å². The summed E-state index contributed by atoms with van der Waals surface area (Å²) < 4.78 is 10.6. The molecule has 2 saturated heterocycles. The SMILES string of the molecule is COC(=O)/C=C/c1ccc(C(=O)N2CCN(c3ccc(OCCCN4CCCC(C)(C)C4)cc3)CC2)cc1. The van der Waals surface area contributed by atoms with Gasteiger partial charge in [0.25, 0.3) is 5.91 Å². The van der Waals surface area contributed by atoms with Crippen LogP contribution in [-0.4, -0.2) is 81.2 Å². The summed E-state index contributed by atoms with van der Waals surface area (Å²) >= 11 is 0. The molecule has 0 aromatic heterocycles. The molecule has 7 heteroatoms. The number of carbonyl (C=O) groups is 2. The molecule has 2 aromatic rings. The van der Waals surface area contributed by atoms with E-state index in [1.807, 2.05) is 29.2 Å². The monoisotopic (exact) mass is 519 g/mol. The second kappa shape index (κ2) is 13.0. The number of likely N-dealkylation sites (tertiary alicyclic amines) is 1. The van der Waals surface area contributed by atoms with Crippen molar-refractivity contribution in [2.45, 2.75) is 33.1 Å². The molecule has 2 fully saturated rings. The molecular weight excluding hydrogens is 478 g/mol. The fourth-order valence-corrected chi connectivity index (χ4v) is 5.29. The maximum absolute atomic E-state index is 13.0. The Kier molecular flexibility index (Phi) is 9.45. The molecule has 4 rings (SSSR count). The van der Waals surface area contributed by atoms with Crippen molar-refractivity contribution in [2.75, 3.05) is 64.4 Å². The molecule has 2 heterocycles. The van der Waals surface area contributed by atoms with Crippen LogP contribution < -0.4 is 9.64 Å². The first-order valence-electron chi connectivity index (χ1n) is 13.7. The zero-order valence-electron chi connectivity index (χ0n) is 23.0. The quantitative estimate of drug-likeness (QED) is 0.271. The summed E-state index contributed by atoms with van der Waals surface area (Å²) in [6.07, 6.45) is 6.70. The van der Waals surface area contributed by atoms with E-state index in [0.717, 1.165) is 49.7 Å². The Hall–Kier alpha value is -3.32. The normalized spacial score (nSPS) is 18.0. The lowest BCUT2D eigenvalue weighted by Crippen LogP contribution is -2.48. The Morgan fingerprint density at radius 3 is 2.32 bits per heavy atom. The Balaban J connectivity index is 1.19. The van der Waals surface area contributed by atoms with Gasteiger partial charge < -0.3 is 24.2 Å². The summed E-state index contributed by atoms with van der Waals surface area (Å²) in [5, 5.41) is 0. The Bertz CT molecular complexity index is 1090. The zero-order valence-corrected chi connectivity index (χ0v) is 23.0. The molecule has 0 spiro atoms. The number of carbonyl (C=O) groups excluding carboxylic acids is 2. The summed E-state index contributed by atoms with van der Waals surface area (Å²) in [6.45, 7) is 11.9. The number of benzene rings is 2. The van der Waals surface area contributed by atoms with Gasteiger partial charge in [0, 0.05) is 56.6 Å². The number of piperidine rings is 1. The third kappa shape index (κ3) is 7.84. The van der Waals surface area contributed by atoms with Crippen LogP contribution in [0.25, 0.3) is 6.08 Å². The van der Waals surface area contributed by atoms with Gasteiger partial charge in [0.2, 0.25) is 0 Å². The number of ether oxygens (including phenoxy) is 2. The number of hydrogen-bond acceptors (Lipinski definition) is 6. The molecule has 2 aromatic carbocycles. The molecule has 38 heavy (non-hydrogen) atoms. The predicted molar refractivity (Wildman–Crippen MR) is 152 cm³/mol. The molecule has 0 unspecified atom stereocenters. The van der Waals surface area contributed by atoms with Crippen molar-refractivity contribution in [3.05, 3.63) is 65.7 Å². The molecule has 1 amide bonds. The van der Waals surface area contributed by atoms with Gasteiger partial charge in [-0.2, -0.15) is 0 Å². The number of nitrogens with zero attached hydrogens (tertiary/aromatic N) is 3. The van der Waals surface area contributed by atoms with Gasteiger partial charge in [0.1, 0.15) is 5.75 Å². The highest BCUT2D eigenvalue weighted by atomic mass is 16.5. The van der Waals surface area contributed by atoms with Gasteiger partial charge in [-0.25, -0.2) is 4.79 Å². The molecule has 0 radical (unpaired) electrons. The van der Waals surface area contributed by atoms with Gasteiger partial charge in [-0.3, -0.25) is 4.79 Å². The van der Waals surface area contributed by atoms with Gasteiger partial charge >= 0.3 is 5.97 Å². The van der Waals surface area contributed by atoms with Crippen LogP contribution in [0.4, 0.5) is 5.69 Å². The largest absolute Gasteiger partial charge is 0.494 e. The molecule has 0 aliphatic carbocycles. The van der Waals surface area contributed by atoms with Crippen LogP contribution in [0.5, 0.6) is 5.75 Å². The lowest BCUT2D eigenvalue weighted by atomic mass is 9.84. The van der Waals surface area contributed by atoms with Crippen molar-refractivity contribution in [2.24, 2.45) is 5.41 Å². The van der Waals surface area contributed by atoms with Crippen LogP contribution in [0.3, 0.4) is 0 Å². The average molecular weight is 520 g/mol. The predicted octanol–water partition coefficient (Wildman–Crippen LogP) is 4.73. The van der Waals surface area contributed by atoms with Crippen molar-refractivity contribution in [3.8, 4) is 5.75 Å². The molecular formula is C31H41N3O4. The Morgan fingerprint density at radius 2 is 1.66 bits per heavy atom. The van der Waals surface area contributed by atoms with Crippen molar-refractivity contribution < 1.29 is 19.1 Å². The van der Waals surface area contributed by atoms with E-state index in [-0.39, 0.29) is 5.91 Å². The fourth-order valence-electron chi connectivity index (χ4n) is 5.29. The Morgan fingerprint density at radius 1 is 0.947 bits per heavy atom. The van der Waals surface area contributed by atoms with Crippen molar-refractivity contribution in [1.29, 1.82) is 0 Å². The zero-order chi connectivity index (χ0) is 27.0. The minimum Gasteiger partial charge on any atom is -0.494 e. The van der Waals surface area contributed by atoms with Crippen LogP contribution >= 0.6 is 0 Å². The number of rotatable bonds is 9. The van der Waals surface area contributed by atoms with Gasteiger partial charge in [0.15, 0.2) is 0 Å². The maximum Gasteiger partial charge on any atom is 0.330 e. The number of methoxy groups -OCH3 is 1. The third-order valence-corrected chi connectivity index (χ3v) is 7.41. The molecule has 7 nitrogen and oxygen atoms in total. The molecule has 2 aliphatic heterocycles. The average Bonchev–Trinajstić information content (AvgIpc) is 2.94. The van der Waals surface area contributed by atoms with Gasteiger partial charge in [-0.05, 0) is 79.3 Å².